The predicted molar refractivity (Wildman–Crippen MR) is 110 cm³/mol. The third kappa shape index (κ3) is 4.10. The van der Waals surface area contributed by atoms with Crippen molar-refractivity contribution in [2.75, 3.05) is 5.75 Å². The summed E-state index contributed by atoms with van der Waals surface area (Å²) in [6.45, 7) is 4.58. The lowest BCUT2D eigenvalue weighted by atomic mass is 10.1. The average molecular weight is 438 g/mol. The zero-order chi connectivity index (χ0) is 18.0. The number of hydrogen-bond acceptors (Lipinski definition) is 3. The van der Waals surface area contributed by atoms with Gasteiger partial charge in [0, 0.05) is 14.4 Å². The molecule has 0 atom stereocenters. The Hall–Kier alpha value is -1.30. The summed E-state index contributed by atoms with van der Waals surface area (Å²) in [6, 6.07) is 9.71. The number of fused-ring (bicyclic) bond motifs is 1. The van der Waals surface area contributed by atoms with E-state index in [1.54, 1.807) is 22.7 Å². The Bertz CT molecular complexity index is 987. The van der Waals surface area contributed by atoms with Gasteiger partial charge in [0.15, 0.2) is 0 Å². The van der Waals surface area contributed by atoms with E-state index in [1.165, 1.54) is 0 Å². The zero-order valence-corrected chi connectivity index (χ0v) is 17.2. The Morgan fingerprint density at radius 3 is 2.84 bits per heavy atom. The van der Waals surface area contributed by atoms with Crippen molar-refractivity contribution in [3.8, 4) is 0 Å². The summed E-state index contributed by atoms with van der Waals surface area (Å²) in [5, 5.41) is 1.30. The molecule has 0 spiro atoms. The average Bonchev–Trinajstić information content (AvgIpc) is 2.57. The van der Waals surface area contributed by atoms with Gasteiger partial charge in [-0.15, -0.1) is 11.8 Å². The largest absolute Gasteiger partial charge is 0.294 e. The van der Waals surface area contributed by atoms with Gasteiger partial charge in [-0.2, -0.15) is 0 Å². The third-order valence-corrected chi connectivity index (χ3v) is 6.01. The molecule has 0 aliphatic rings. The molecule has 0 N–H and O–H groups in total. The summed E-state index contributed by atoms with van der Waals surface area (Å²) in [6.07, 6.45) is 2.71. The monoisotopic (exact) mass is 436 g/mol. The fourth-order valence-electron chi connectivity index (χ4n) is 2.68. The van der Waals surface area contributed by atoms with Crippen molar-refractivity contribution in [3.05, 3.63) is 67.6 Å². The third-order valence-electron chi connectivity index (χ3n) is 3.85. The summed E-state index contributed by atoms with van der Waals surface area (Å²) in [5.74, 6) is 1.03. The number of nitrogens with zero attached hydrogens (tertiary/aromatic N) is 2. The van der Waals surface area contributed by atoms with Gasteiger partial charge in [-0.25, -0.2) is 4.98 Å². The van der Waals surface area contributed by atoms with E-state index in [1.807, 2.05) is 37.3 Å². The second-order valence-corrected chi connectivity index (χ2v) is 8.35. The van der Waals surface area contributed by atoms with Crippen LogP contribution in [0.25, 0.3) is 10.9 Å². The molecular formula is C19H18BrClN2OS. The first-order valence-electron chi connectivity index (χ1n) is 8.06. The second kappa shape index (κ2) is 7.94. The van der Waals surface area contributed by atoms with Gasteiger partial charge in [0.2, 0.25) is 0 Å². The summed E-state index contributed by atoms with van der Waals surface area (Å²) < 4.78 is 2.49. The molecule has 0 fully saturated rings. The minimum atomic E-state index is -0.0409. The first-order chi connectivity index (χ1) is 12.0. The number of aryl methyl sites for hydroxylation is 1. The summed E-state index contributed by atoms with van der Waals surface area (Å²) in [5.41, 5.74) is 2.72. The molecule has 6 heteroatoms. The molecule has 0 saturated carbocycles. The maximum Gasteiger partial charge on any atom is 0.261 e. The van der Waals surface area contributed by atoms with Crippen LogP contribution in [0.4, 0.5) is 0 Å². The molecule has 25 heavy (non-hydrogen) atoms. The van der Waals surface area contributed by atoms with Crippen molar-refractivity contribution < 1.29 is 0 Å². The topological polar surface area (TPSA) is 34.9 Å². The van der Waals surface area contributed by atoms with E-state index in [2.05, 4.69) is 27.8 Å². The van der Waals surface area contributed by atoms with Crippen LogP contribution >= 0.6 is 39.3 Å². The van der Waals surface area contributed by atoms with Crippen LogP contribution in [0.3, 0.4) is 0 Å². The van der Waals surface area contributed by atoms with E-state index in [-0.39, 0.29) is 5.56 Å². The molecule has 3 nitrogen and oxygen atoms in total. The minimum absolute atomic E-state index is 0.0409. The molecule has 130 valence electrons. The highest BCUT2D eigenvalue weighted by Gasteiger charge is 2.11. The van der Waals surface area contributed by atoms with Crippen molar-refractivity contribution in [1.29, 1.82) is 0 Å². The van der Waals surface area contributed by atoms with Gasteiger partial charge in [-0.1, -0.05) is 18.5 Å². The normalized spacial score (nSPS) is 11.2. The highest BCUT2D eigenvalue weighted by Crippen LogP contribution is 2.27. The van der Waals surface area contributed by atoms with E-state index in [0.29, 0.717) is 22.5 Å². The maximum atomic E-state index is 12.9. The first-order valence-corrected chi connectivity index (χ1v) is 10.2. The van der Waals surface area contributed by atoms with Crippen molar-refractivity contribution in [3.63, 3.8) is 0 Å². The van der Waals surface area contributed by atoms with Gasteiger partial charge in [0.25, 0.3) is 5.56 Å². The van der Waals surface area contributed by atoms with Gasteiger partial charge >= 0.3 is 0 Å². The van der Waals surface area contributed by atoms with Crippen LogP contribution in [-0.4, -0.2) is 15.3 Å². The molecule has 0 saturated heterocycles. The highest BCUT2D eigenvalue weighted by atomic mass is 79.9. The molecule has 0 aliphatic carbocycles. The molecule has 0 aliphatic heterocycles. The van der Waals surface area contributed by atoms with E-state index < -0.39 is 0 Å². The van der Waals surface area contributed by atoms with Crippen LogP contribution in [0, 0.1) is 6.92 Å². The van der Waals surface area contributed by atoms with Crippen LogP contribution < -0.4 is 5.56 Å². The first kappa shape index (κ1) is 18.5. The lowest BCUT2D eigenvalue weighted by Gasteiger charge is -2.12. The molecule has 3 rings (SSSR count). The Morgan fingerprint density at radius 2 is 2.08 bits per heavy atom. The van der Waals surface area contributed by atoms with Crippen molar-refractivity contribution in [2.24, 2.45) is 0 Å². The molecule has 0 amide bonds. The number of benzene rings is 2. The fraction of sp³-hybridized carbons (Fsp3) is 0.263. The fourth-order valence-corrected chi connectivity index (χ4v) is 4.45. The summed E-state index contributed by atoms with van der Waals surface area (Å²) >= 11 is 11.5. The lowest BCUT2D eigenvalue weighted by Crippen LogP contribution is -2.21. The number of thioether (sulfide) groups is 1. The Labute approximate surface area is 164 Å². The molecule has 0 bridgehead atoms. The number of aromatic nitrogens is 2. The Balaban J connectivity index is 2.05. The van der Waals surface area contributed by atoms with Crippen molar-refractivity contribution in [1.82, 2.24) is 9.55 Å². The quantitative estimate of drug-likeness (QED) is 0.482. The van der Waals surface area contributed by atoms with Crippen LogP contribution in [0.15, 0.2) is 50.8 Å². The Kier molecular flexibility index (Phi) is 5.87. The zero-order valence-electron chi connectivity index (χ0n) is 14.1. The smallest absolute Gasteiger partial charge is 0.261 e. The van der Waals surface area contributed by atoms with Crippen molar-refractivity contribution >= 4 is 50.2 Å². The number of rotatable bonds is 5. The maximum absolute atomic E-state index is 12.9. The summed E-state index contributed by atoms with van der Waals surface area (Å²) in [4.78, 5) is 18.5. The van der Waals surface area contributed by atoms with Crippen LogP contribution in [0.2, 0.25) is 5.02 Å². The highest BCUT2D eigenvalue weighted by molar-refractivity contribution is 9.10. The van der Waals surface area contributed by atoms with Gasteiger partial charge < -0.3 is 0 Å². The summed E-state index contributed by atoms with van der Waals surface area (Å²) in [7, 11) is 0. The molecule has 0 radical (unpaired) electrons. The van der Waals surface area contributed by atoms with Gasteiger partial charge in [-0.3, -0.25) is 9.36 Å². The predicted octanol–water partition coefficient (Wildman–Crippen LogP) is 5.67. The minimum Gasteiger partial charge on any atom is -0.294 e. The van der Waals surface area contributed by atoms with Crippen LogP contribution in [0.5, 0.6) is 0 Å². The van der Waals surface area contributed by atoms with E-state index in [9.17, 15) is 4.79 Å². The van der Waals surface area contributed by atoms with Crippen LogP contribution in [-0.2, 0) is 6.54 Å². The molecule has 1 aromatic heterocycles. The van der Waals surface area contributed by atoms with E-state index >= 15 is 0 Å². The molecule has 0 unspecified atom stereocenters. The van der Waals surface area contributed by atoms with Crippen LogP contribution in [0.1, 0.15) is 24.5 Å². The van der Waals surface area contributed by atoms with Gasteiger partial charge in [-0.05, 0) is 76.5 Å². The van der Waals surface area contributed by atoms with Gasteiger partial charge in [0.05, 0.1) is 23.8 Å². The van der Waals surface area contributed by atoms with Gasteiger partial charge in [0.1, 0.15) is 0 Å². The second-order valence-electron chi connectivity index (χ2n) is 5.92. The van der Waals surface area contributed by atoms with E-state index in [4.69, 9.17) is 11.6 Å². The van der Waals surface area contributed by atoms with Crippen molar-refractivity contribution in [2.45, 2.75) is 31.7 Å². The number of halogens is 2. The lowest BCUT2D eigenvalue weighted by molar-refractivity contribution is 0.738. The SMILES string of the molecule is CCCSc1ccc(Cl)cc1Cn1cnc2c(Br)cc(C)cc2c1=O. The standard InChI is InChI=1S/C19H18BrClN2OS/c1-3-6-25-17-5-4-14(21)9-13(17)10-23-11-22-18-15(19(23)24)7-12(2)8-16(18)20/h4-5,7-9,11H,3,6,10H2,1-2H3. The number of hydrogen-bond donors (Lipinski definition) is 0. The molecule has 2 aromatic carbocycles. The molecular weight excluding hydrogens is 420 g/mol. The van der Waals surface area contributed by atoms with E-state index in [0.717, 1.165) is 32.7 Å². The Morgan fingerprint density at radius 1 is 1.28 bits per heavy atom. The molecule has 3 aromatic rings. The molecule has 1 heterocycles.